The Morgan fingerprint density at radius 2 is 1.85 bits per heavy atom. The average Bonchev–Trinajstić information content (AvgIpc) is 3.52. The maximum absolute atomic E-state index is 13.7. The summed E-state index contributed by atoms with van der Waals surface area (Å²) in [5.41, 5.74) is 3.35. The number of nitrogens with one attached hydrogen (secondary N) is 3. The van der Waals surface area contributed by atoms with Crippen LogP contribution in [0.15, 0.2) is 66.7 Å². The van der Waals surface area contributed by atoms with Crippen molar-refractivity contribution in [3.05, 3.63) is 77.9 Å². The zero-order valence-corrected chi connectivity index (χ0v) is 26.2. The molecule has 12 heteroatoms. The highest BCUT2D eigenvalue weighted by Crippen LogP contribution is 2.30. The number of methoxy groups -OCH3 is 1. The van der Waals surface area contributed by atoms with Crippen molar-refractivity contribution in [3.8, 4) is 22.6 Å². The van der Waals surface area contributed by atoms with Crippen LogP contribution in [0.2, 0.25) is 0 Å². The van der Waals surface area contributed by atoms with Crippen LogP contribution in [0.1, 0.15) is 41.6 Å². The molecule has 3 aliphatic heterocycles. The predicted molar refractivity (Wildman–Crippen MR) is 173 cm³/mol. The van der Waals surface area contributed by atoms with Crippen LogP contribution in [-0.2, 0) is 16.1 Å². The summed E-state index contributed by atoms with van der Waals surface area (Å²) in [6.45, 7) is 0.391. The van der Waals surface area contributed by atoms with Gasteiger partial charge in [0.05, 0.1) is 38.1 Å². The number of carbonyl (C=O) groups excluding carboxylic acids is 3. The number of hydrogen-bond donors (Lipinski definition) is 5. The van der Waals surface area contributed by atoms with Gasteiger partial charge in [-0.15, -0.1) is 0 Å². The summed E-state index contributed by atoms with van der Waals surface area (Å²) < 4.78 is 17.7. The molecule has 0 saturated carbocycles. The van der Waals surface area contributed by atoms with E-state index in [1.807, 2.05) is 36.4 Å². The first-order valence-corrected chi connectivity index (χ1v) is 15.9. The van der Waals surface area contributed by atoms with Crippen LogP contribution >= 0.6 is 0 Å². The Balaban J connectivity index is 1.28. The van der Waals surface area contributed by atoms with E-state index >= 15 is 0 Å². The number of anilines is 1. The third-order valence-corrected chi connectivity index (χ3v) is 8.97. The fraction of sp³-hybridized carbons (Fsp3) is 0.400. The summed E-state index contributed by atoms with van der Waals surface area (Å²) in [4.78, 5) is 42.2. The number of likely N-dealkylation sites (tertiary alicyclic amines) is 1. The van der Waals surface area contributed by atoms with E-state index in [4.69, 9.17) is 14.2 Å². The van der Waals surface area contributed by atoms with Crippen molar-refractivity contribution in [2.24, 2.45) is 0 Å². The Morgan fingerprint density at radius 1 is 1.04 bits per heavy atom. The number of aliphatic hydroxyl groups is 2. The molecular formula is C35H40N4O8. The molecule has 248 valence electrons. The van der Waals surface area contributed by atoms with Gasteiger partial charge in [0, 0.05) is 37.3 Å². The number of carbonyl (C=O) groups is 3. The molecule has 3 aromatic carbocycles. The number of rotatable bonds is 4. The van der Waals surface area contributed by atoms with Crippen LogP contribution in [0.3, 0.4) is 0 Å². The van der Waals surface area contributed by atoms with Crippen molar-refractivity contribution in [2.45, 2.75) is 62.7 Å². The Bertz CT molecular complexity index is 1600. The van der Waals surface area contributed by atoms with Gasteiger partial charge in [-0.1, -0.05) is 36.4 Å². The number of ether oxygens (including phenoxy) is 3. The molecule has 2 saturated heterocycles. The zero-order valence-electron chi connectivity index (χ0n) is 26.2. The summed E-state index contributed by atoms with van der Waals surface area (Å²) >= 11 is 0. The first-order valence-electron chi connectivity index (χ1n) is 15.9. The molecule has 2 fully saturated rings. The fourth-order valence-electron chi connectivity index (χ4n) is 6.35. The summed E-state index contributed by atoms with van der Waals surface area (Å²) in [5, 5.41) is 28.8. The largest absolute Gasteiger partial charge is 0.497 e. The van der Waals surface area contributed by atoms with Crippen molar-refractivity contribution in [1.29, 1.82) is 0 Å². The topological polar surface area (TPSA) is 159 Å². The van der Waals surface area contributed by atoms with E-state index in [0.29, 0.717) is 42.0 Å². The normalized spacial score (nSPS) is 24.7. The SMILES string of the molecule is COc1cccc(NC(=O)N2C[C@@H]3C[C@H]2C(=O)NC[C@H]2O[C@H](CCOc4cc(-c5ccc(CO)cc5)ccc4C(=O)N3)CC[C@@H]2O)c1. The number of hydrogen-bond acceptors (Lipinski definition) is 8. The number of urea groups is 1. The van der Waals surface area contributed by atoms with Crippen molar-refractivity contribution in [3.63, 3.8) is 0 Å². The summed E-state index contributed by atoms with van der Waals surface area (Å²) in [7, 11) is 1.53. The molecule has 5 N–H and O–H groups in total. The molecule has 4 bridgehead atoms. The Labute approximate surface area is 273 Å². The minimum absolute atomic E-state index is 0.0569. The number of benzene rings is 3. The van der Waals surface area contributed by atoms with E-state index in [1.165, 1.54) is 12.0 Å². The molecule has 47 heavy (non-hydrogen) atoms. The number of amides is 4. The van der Waals surface area contributed by atoms with Crippen molar-refractivity contribution < 1.29 is 38.8 Å². The lowest BCUT2D eigenvalue weighted by Crippen LogP contribution is -2.51. The van der Waals surface area contributed by atoms with Crippen LogP contribution in [0.25, 0.3) is 11.1 Å². The first-order chi connectivity index (χ1) is 22.8. The Kier molecular flexibility index (Phi) is 9.90. The van der Waals surface area contributed by atoms with Crippen LogP contribution in [0.5, 0.6) is 11.5 Å². The molecule has 5 atom stereocenters. The van der Waals surface area contributed by atoms with Gasteiger partial charge in [0.25, 0.3) is 5.91 Å². The van der Waals surface area contributed by atoms with Crippen molar-refractivity contribution >= 4 is 23.5 Å². The van der Waals surface area contributed by atoms with Gasteiger partial charge in [0.1, 0.15) is 23.6 Å². The lowest BCUT2D eigenvalue weighted by atomic mass is 9.99. The van der Waals surface area contributed by atoms with E-state index in [2.05, 4.69) is 16.0 Å². The fourth-order valence-corrected chi connectivity index (χ4v) is 6.35. The molecule has 6 rings (SSSR count). The standard InChI is InChI=1S/C35H40N4O8/c1-45-27-4-2-3-24(16-27)38-35(44)39-19-25-17-29(39)34(43)36-18-32-30(41)12-10-26(47-32)13-14-46-31-15-23(9-11-28(31)33(42)37-25)22-7-5-21(20-40)6-8-22/h2-9,11,15-16,25-26,29-30,32,40-41H,10,12-14,17-20H2,1H3,(H,36,43)(H,37,42)(H,38,44)/t25-,26-,29-,30-,32+/m0/s1. The average molecular weight is 645 g/mol. The number of aliphatic hydroxyl groups excluding tert-OH is 2. The first kappa shape index (κ1) is 32.3. The van der Waals surface area contributed by atoms with Gasteiger partial charge in [0.2, 0.25) is 5.91 Å². The molecule has 3 heterocycles. The summed E-state index contributed by atoms with van der Waals surface area (Å²) in [6.07, 6.45) is 0.293. The second kappa shape index (κ2) is 14.4. The molecule has 0 aromatic heterocycles. The third kappa shape index (κ3) is 7.51. The molecule has 0 unspecified atom stereocenters. The lowest BCUT2D eigenvalue weighted by molar-refractivity contribution is -0.133. The Hall–Kier alpha value is -4.65. The highest BCUT2D eigenvalue weighted by atomic mass is 16.5. The molecule has 0 spiro atoms. The maximum atomic E-state index is 13.7. The van der Waals surface area contributed by atoms with E-state index in [9.17, 15) is 24.6 Å². The highest BCUT2D eigenvalue weighted by Gasteiger charge is 2.41. The lowest BCUT2D eigenvalue weighted by Gasteiger charge is -2.34. The van der Waals surface area contributed by atoms with E-state index in [-0.39, 0.29) is 44.7 Å². The van der Waals surface area contributed by atoms with Gasteiger partial charge in [0.15, 0.2) is 0 Å². The quantitative estimate of drug-likeness (QED) is 0.290. The van der Waals surface area contributed by atoms with Gasteiger partial charge < -0.3 is 45.3 Å². The highest BCUT2D eigenvalue weighted by molar-refractivity contribution is 5.98. The van der Waals surface area contributed by atoms with E-state index in [0.717, 1.165) is 16.7 Å². The smallest absolute Gasteiger partial charge is 0.322 e. The van der Waals surface area contributed by atoms with Gasteiger partial charge in [-0.2, -0.15) is 0 Å². The molecule has 0 radical (unpaired) electrons. The predicted octanol–water partition coefficient (Wildman–Crippen LogP) is 3.07. The second-order valence-corrected chi connectivity index (χ2v) is 12.1. The van der Waals surface area contributed by atoms with Gasteiger partial charge >= 0.3 is 6.03 Å². The van der Waals surface area contributed by atoms with Crippen LogP contribution in [-0.4, -0.2) is 90.2 Å². The number of fused-ring (bicyclic) bond motifs is 5. The van der Waals surface area contributed by atoms with E-state index in [1.54, 1.807) is 30.3 Å². The van der Waals surface area contributed by atoms with Crippen LogP contribution in [0, 0.1) is 0 Å². The second-order valence-electron chi connectivity index (χ2n) is 12.1. The van der Waals surface area contributed by atoms with Gasteiger partial charge in [-0.25, -0.2) is 4.79 Å². The molecule has 3 aromatic rings. The molecule has 0 aliphatic carbocycles. The minimum atomic E-state index is -0.879. The monoisotopic (exact) mass is 644 g/mol. The molecule has 3 aliphatic rings. The van der Waals surface area contributed by atoms with Crippen molar-refractivity contribution in [2.75, 3.05) is 32.1 Å². The van der Waals surface area contributed by atoms with Crippen LogP contribution in [0.4, 0.5) is 10.5 Å². The van der Waals surface area contributed by atoms with Crippen molar-refractivity contribution in [1.82, 2.24) is 15.5 Å². The van der Waals surface area contributed by atoms with E-state index < -0.39 is 36.2 Å². The number of nitrogens with zero attached hydrogens (tertiary/aromatic N) is 1. The molecule has 12 nitrogen and oxygen atoms in total. The van der Waals surface area contributed by atoms with Gasteiger partial charge in [-0.3, -0.25) is 9.59 Å². The maximum Gasteiger partial charge on any atom is 0.322 e. The molecular weight excluding hydrogens is 604 g/mol. The molecule has 4 amide bonds. The minimum Gasteiger partial charge on any atom is -0.497 e. The summed E-state index contributed by atoms with van der Waals surface area (Å²) in [6, 6.07) is 17.8. The Morgan fingerprint density at radius 3 is 2.64 bits per heavy atom. The van der Waals surface area contributed by atoms with Gasteiger partial charge in [-0.05, 0) is 60.2 Å². The van der Waals surface area contributed by atoms with Crippen LogP contribution < -0.4 is 25.4 Å². The summed E-state index contributed by atoms with van der Waals surface area (Å²) in [5.74, 6) is 0.181. The zero-order chi connectivity index (χ0) is 32.9. The third-order valence-electron chi connectivity index (χ3n) is 8.97.